The predicted molar refractivity (Wildman–Crippen MR) is 92.9 cm³/mol. The lowest BCUT2D eigenvalue weighted by atomic mass is 9.94. The Morgan fingerprint density at radius 2 is 2.04 bits per heavy atom. The number of carbonyl (C=O) groups excluding carboxylic acids is 1. The topological polar surface area (TPSA) is 46.9 Å². The zero-order chi connectivity index (χ0) is 16.2. The van der Waals surface area contributed by atoms with Crippen LogP contribution in [0.5, 0.6) is 0 Å². The van der Waals surface area contributed by atoms with Crippen LogP contribution in [0.15, 0.2) is 42.6 Å². The Hall–Kier alpha value is -1.78. The number of anilines is 1. The molecule has 0 saturated carbocycles. The maximum absolute atomic E-state index is 12.4. The first-order valence-electron chi connectivity index (χ1n) is 7.55. The number of nitrogens with one attached hydrogen (secondary N) is 1. The van der Waals surface area contributed by atoms with Gasteiger partial charge in [-0.3, -0.25) is 4.79 Å². The van der Waals surface area contributed by atoms with Gasteiger partial charge in [-0.05, 0) is 31.4 Å². The van der Waals surface area contributed by atoms with Gasteiger partial charge in [0, 0.05) is 27.6 Å². The normalized spacial score (nSPS) is 17.2. The molecule has 23 heavy (non-hydrogen) atoms. The van der Waals surface area contributed by atoms with E-state index < -0.39 is 0 Å². The van der Waals surface area contributed by atoms with Crippen molar-refractivity contribution in [3.63, 3.8) is 0 Å². The minimum atomic E-state index is 0.0206. The van der Waals surface area contributed by atoms with E-state index in [1.54, 1.807) is 35.1 Å². The fourth-order valence-electron chi connectivity index (χ4n) is 2.66. The molecule has 1 N–H and O–H groups in total. The average molecular weight is 350 g/mol. The summed E-state index contributed by atoms with van der Waals surface area (Å²) in [7, 11) is 0. The van der Waals surface area contributed by atoms with Crippen LogP contribution in [-0.4, -0.2) is 15.7 Å². The molecule has 1 aromatic heterocycles. The Morgan fingerprint density at radius 3 is 2.74 bits per heavy atom. The summed E-state index contributed by atoms with van der Waals surface area (Å²) in [6, 6.07) is 7.16. The third-order valence-corrected chi connectivity index (χ3v) is 4.69. The third kappa shape index (κ3) is 3.77. The summed E-state index contributed by atoms with van der Waals surface area (Å²) in [5.41, 5.74) is 0.788. The summed E-state index contributed by atoms with van der Waals surface area (Å²) in [6.45, 7) is 0.408. The smallest absolute Gasteiger partial charge is 0.228 e. The molecule has 4 nitrogen and oxygen atoms in total. The maximum Gasteiger partial charge on any atom is 0.228 e. The highest BCUT2D eigenvalue weighted by Gasteiger charge is 2.20. The number of halogens is 2. The standard InChI is InChI=1S/C17H17Cl2N3O/c18-14-7-4-8-15(19)13(14)11-22-16(9-10-20-22)21-17(23)12-5-2-1-3-6-12/h1-2,4,7-10,12H,3,5-6,11H2,(H,21,23). The van der Waals surface area contributed by atoms with Crippen molar-refractivity contribution in [3.05, 3.63) is 58.2 Å². The molecule has 3 rings (SSSR count). The van der Waals surface area contributed by atoms with Crippen LogP contribution in [-0.2, 0) is 11.3 Å². The van der Waals surface area contributed by atoms with E-state index in [1.165, 1.54) is 0 Å². The average Bonchev–Trinajstić information content (AvgIpc) is 2.99. The number of carbonyl (C=O) groups is 1. The van der Waals surface area contributed by atoms with E-state index in [0.717, 1.165) is 24.8 Å². The third-order valence-electron chi connectivity index (χ3n) is 3.98. The van der Waals surface area contributed by atoms with Crippen molar-refractivity contribution in [3.8, 4) is 0 Å². The molecule has 120 valence electrons. The van der Waals surface area contributed by atoms with Gasteiger partial charge in [0.2, 0.25) is 5.91 Å². The van der Waals surface area contributed by atoms with Crippen LogP contribution in [0, 0.1) is 5.92 Å². The first-order chi connectivity index (χ1) is 11.1. The van der Waals surface area contributed by atoms with E-state index >= 15 is 0 Å². The molecule has 1 heterocycles. The highest BCUT2D eigenvalue weighted by molar-refractivity contribution is 6.35. The highest BCUT2D eigenvalue weighted by Crippen LogP contribution is 2.26. The van der Waals surface area contributed by atoms with Crippen molar-refractivity contribution in [1.82, 2.24) is 9.78 Å². The molecule has 0 spiro atoms. The van der Waals surface area contributed by atoms with Crippen LogP contribution in [0.1, 0.15) is 24.8 Å². The van der Waals surface area contributed by atoms with Gasteiger partial charge in [-0.1, -0.05) is 41.4 Å². The summed E-state index contributed by atoms with van der Waals surface area (Å²) in [5, 5.41) is 8.40. The van der Waals surface area contributed by atoms with Crippen LogP contribution >= 0.6 is 23.2 Å². The number of benzene rings is 1. The monoisotopic (exact) mass is 349 g/mol. The Labute approximate surface area is 145 Å². The molecule has 6 heteroatoms. The Kier molecular flexibility index (Phi) is 5.03. The van der Waals surface area contributed by atoms with Crippen molar-refractivity contribution < 1.29 is 4.79 Å². The largest absolute Gasteiger partial charge is 0.311 e. The quantitative estimate of drug-likeness (QED) is 0.824. The number of amides is 1. The maximum atomic E-state index is 12.4. The van der Waals surface area contributed by atoms with Crippen LogP contribution in [0.25, 0.3) is 0 Å². The number of aromatic nitrogens is 2. The summed E-state index contributed by atoms with van der Waals surface area (Å²) in [4.78, 5) is 12.4. The van der Waals surface area contributed by atoms with Gasteiger partial charge < -0.3 is 5.32 Å². The van der Waals surface area contributed by atoms with Gasteiger partial charge in [-0.15, -0.1) is 0 Å². The van der Waals surface area contributed by atoms with Gasteiger partial charge in [0.1, 0.15) is 5.82 Å². The lowest BCUT2D eigenvalue weighted by Crippen LogP contribution is -2.25. The SMILES string of the molecule is O=C(Nc1ccnn1Cc1c(Cl)cccc1Cl)C1CC=CCC1. The predicted octanol–water partition coefficient (Wildman–Crippen LogP) is 4.53. The second-order valence-electron chi connectivity index (χ2n) is 5.54. The number of allylic oxidation sites excluding steroid dienone is 2. The zero-order valence-electron chi connectivity index (χ0n) is 12.5. The molecule has 1 aromatic carbocycles. The number of rotatable bonds is 4. The van der Waals surface area contributed by atoms with Crippen molar-refractivity contribution in [2.45, 2.75) is 25.8 Å². The zero-order valence-corrected chi connectivity index (χ0v) is 14.0. The second-order valence-corrected chi connectivity index (χ2v) is 6.36. The molecule has 0 aliphatic heterocycles. The Bertz CT molecular complexity index is 719. The molecular formula is C17H17Cl2N3O. The van der Waals surface area contributed by atoms with Gasteiger partial charge in [-0.2, -0.15) is 5.10 Å². The Morgan fingerprint density at radius 1 is 1.26 bits per heavy atom. The summed E-state index contributed by atoms with van der Waals surface area (Å²) >= 11 is 12.4. The van der Waals surface area contributed by atoms with E-state index in [4.69, 9.17) is 23.2 Å². The van der Waals surface area contributed by atoms with Crippen LogP contribution in [0.3, 0.4) is 0 Å². The van der Waals surface area contributed by atoms with E-state index in [0.29, 0.717) is 22.4 Å². The summed E-state index contributed by atoms with van der Waals surface area (Å²) in [5.74, 6) is 0.703. The van der Waals surface area contributed by atoms with E-state index in [-0.39, 0.29) is 11.8 Å². The molecular weight excluding hydrogens is 333 g/mol. The minimum absolute atomic E-state index is 0.0206. The lowest BCUT2D eigenvalue weighted by molar-refractivity contribution is -0.120. The van der Waals surface area contributed by atoms with Crippen LogP contribution in [0.2, 0.25) is 10.0 Å². The van der Waals surface area contributed by atoms with Crippen molar-refractivity contribution in [2.75, 3.05) is 5.32 Å². The highest BCUT2D eigenvalue weighted by atomic mass is 35.5. The number of hydrogen-bond donors (Lipinski definition) is 1. The van der Waals surface area contributed by atoms with Gasteiger partial charge >= 0.3 is 0 Å². The first kappa shape index (κ1) is 16.1. The summed E-state index contributed by atoms with van der Waals surface area (Å²) < 4.78 is 1.70. The molecule has 1 aliphatic rings. The lowest BCUT2D eigenvalue weighted by Gasteiger charge is -2.18. The van der Waals surface area contributed by atoms with Gasteiger partial charge in [0.25, 0.3) is 0 Å². The number of nitrogens with zero attached hydrogens (tertiary/aromatic N) is 2. The van der Waals surface area contributed by atoms with E-state index in [9.17, 15) is 4.79 Å². The minimum Gasteiger partial charge on any atom is -0.311 e. The van der Waals surface area contributed by atoms with Crippen LogP contribution in [0.4, 0.5) is 5.82 Å². The number of hydrogen-bond acceptors (Lipinski definition) is 2. The van der Waals surface area contributed by atoms with Gasteiger partial charge in [0.15, 0.2) is 0 Å². The van der Waals surface area contributed by atoms with Gasteiger partial charge in [-0.25, -0.2) is 4.68 Å². The second kappa shape index (κ2) is 7.20. The fourth-order valence-corrected chi connectivity index (χ4v) is 3.17. The van der Waals surface area contributed by atoms with Gasteiger partial charge in [0.05, 0.1) is 12.7 Å². The molecule has 1 aliphatic carbocycles. The van der Waals surface area contributed by atoms with Crippen molar-refractivity contribution in [1.29, 1.82) is 0 Å². The molecule has 0 saturated heterocycles. The Balaban J connectivity index is 1.75. The molecule has 0 fully saturated rings. The van der Waals surface area contributed by atoms with E-state index in [2.05, 4.69) is 22.6 Å². The van der Waals surface area contributed by atoms with Crippen LogP contribution < -0.4 is 5.32 Å². The molecule has 1 amide bonds. The molecule has 1 atom stereocenters. The van der Waals surface area contributed by atoms with Crippen molar-refractivity contribution >= 4 is 34.9 Å². The summed E-state index contributed by atoms with van der Waals surface area (Å²) in [6.07, 6.45) is 8.46. The molecule has 1 unspecified atom stereocenters. The first-order valence-corrected chi connectivity index (χ1v) is 8.31. The molecule has 2 aromatic rings. The molecule has 0 radical (unpaired) electrons. The molecule has 0 bridgehead atoms. The van der Waals surface area contributed by atoms with Crippen molar-refractivity contribution in [2.24, 2.45) is 5.92 Å². The van der Waals surface area contributed by atoms with E-state index in [1.807, 2.05) is 0 Å². The fraction of sp³-hybridized carbons (Fsp3) is 0.294.